The number of aromatic nitrogens is 3. The Balaban J connectivity index is 0.000000240. The first-order chi connectivity index (χ1) is 11.0. The summed E-state index contributed by atoms with van der Waals surface area (Å²) in [6.45, 7) is 19.5. The summed E-state index contributed by atoms with van der Waals surface area (Å²) in [4.78, 5) is 14.5. The van der Waals surface area contributed by atoms with Crippen molar-refractivity contribution in [2.45, 2.75) is 85.5 Å². The Morgan fingerprint density at radius 3 is 1.38 bits per heavy atom. The second kappa shape index (κ2) is 8.70. The van der Waals surface area contributed by atoms with Crippen LogP contribution in [0.2, 0.25) is 0 Å². The lowest BCUT2D eigenvalue weighted by Gasteiger charge is -2.14. The van der Waals surface area contributed by atoms with E-state index in [9.17, 15) is 0 Å². The largest absolute Gasteiger partial charge is 0.258 e. The molecule has 0 spiro atoms. The molecule has 0 aromatic carbocycles. The minimum Gasteiger partial charge on any atom is -0.258 e. The molecule has 0 aliphatic carbocycles. The molecule has 0 N–H and O–H groups in total. The highest BCUT2D eigenvalue weighted by atomic mass is 32.1. The Hall–Kier alpha value is -1.29. The third kappa shape index (κ3) is 6.31. The standard InChI is InChI=1S/C10H16N2.C10H17NS/c1-7(2)9-5-12-10(6-11-9)8(3)4;1-7(2)9-11-6-8(12-9)10(3,4)5/h5-8H,1-4H3;6-7H,1-5H3. The Bertz CT molecular complexity index is 578. The average molecular weight is 348 g/mol. The summed E-state index contributed by atoms with van der Waals surface area (Å²) in [5, 5.41) is 1.25. The maximum Gasteiger partial charge on any atom is 0.0953 e. The first-order valence-electron chi connectivity index (χ1n) is 8.80. The van der Waals surface area contributed by atoms with Gasteiger partial charge in [0, 0.05) is 29.4 Å². The van der Waals surface area contributed by atoms with Crippen molar-refractivity contribution >= 4 is 11.3 Å². The summed E-state index contributed by atoms with van der Waals surface area (Å²) >= 11 is 1.84. The summed E-state index contributed by atoms with van der Waals surface area (Å²) in [6, 6.07) is 0. The molecule has 0 saturated carbocycles. The van der Waals surface area contributed by atoms with Crippen LogP contribution >= 0.6 is 11.3 Å². The van der Waals surface area contributed by atoms with Crippen molar-refractivity contribution in [2.24, 2.45) is 0 Å². The fraction of sp³-hybridized carbons (Fsp3) is 0.650. The molecule has 0 fully saturated rings. The molecule has 2 aromatic heterocycles. The molecule has 0 bridgehead atoms. The molecule has 0 radical (unpaired) electrons. The zero-order valence-corrected chi connectivity index (χ0v) is 17.5. The van der Waals surface area contributed by atoms with Crippen LogP contribution < -0.4 is 0 Å². The lowest BCUT2D eigenvalue weighted by atomic mass is 9.96. The van der Waals surface area contributed by atoms with E-state index in [1.165, 1.54) is 9.88 Å². The van der Waals surface area contributed by atoms with E-state index in [2.05, 4.69) is 77.3 Å². The molecule has 0 amide bonds. The summed E-state index contributed by atoms with van der Waals surface area (Å²) in [7, 11) is 0. The lowest BCUT2D eigenvalue weighted by Crippen LogP contribution is -2.07. The molecule has 4 heteroatoms. The van der Waals surface area contributed by atoms with Crippen molar-refractivity contribution in [1.29, 1.82) is 0 Å². The van der Waals surface area contributed by atoms with E-state index in [4.69, 9.17) is 0 Å². The van der Waals surface area contributed by atoms with Crippen LogP contribution in [0.4, 0.5) is 0 Å². The number of thiazole rings is 1. The minimum absolute atomic E-state index is 0.255. The third-order valence-electron chi connectivity index (χ3n) is 3.63. The normalized spacial score (nSPS) is 11.8. The van der Waals surface area contributed by atoms with Crippen molar-refractivity contribution in [3.05, 3.63) is 39.9 Å². The highest BCUT2D eigenvalue weighted by Gasteiger charge is 2.17. The summed E-state index contributed by atoms with van der Waals surface area (Å²) in [5.41, 5.74) is 2.39. The van der Waals surface area contributed by atoms with Gasteiger partial charge in [-0.2, -0.15) is 0 Å². The predicted molar refractivity (Wildman–Crippen MR) is 105 cm³/mol. The Morgan fingerprint density at radius 1 is 0.708 bits per heavy atom. The van der Waals surface area contributed by atoms with Crippen molar-refractivity contribution in [2.75, 3.05) is 0 Å². The molecule has 24 heavy (non-hydrogen) atoms. The van der Waals surface area contributed by atoms with Crippen LogP contribution in [0.25, 0.3) is 0 Å². The summed E-state index contributed by atoms with van der Waals surface area (Å²) in [6.07, 6.45) is 5.76. The topological polar surface area (TPSA) is 38.7 Å². The maximum absolute atomic E-state index is 4.40. The Kier molecular flexibility index (Phi) is 7.53. The summed E-state index contributed by atoms with van der Waals surface area (Å²) < 4.78 is 0. The average Bonchev–Trinajstić information content (AvgIpc) is 2.98. The molecule has 0 atom stereocenters. The molecule has 2 rings (SSSR count). The monoisotopic (exact) mass is 347 g/mol. The van der Waals surface area contributed by atoms with Gasteiger partial charge in [0.15, 0.2) is 0 Å². The minimum atomic E-state index is 0.255. The molecule has 134 valence electrons. The highest BCUT2D eigenvalue weighted by molar-refractivity contribution is 7.11. The Labute approximate surface area is 152 Å². The number of rotatable bonds is 3. The number of hydrogen-bond donors (Lipinski definition) is 0. The van der Waals surface area contributed by atoms with Gasteiger partial charge in [-0.05, 0) is 17.3 Å². The van der Waals surface area contributed by atoms with E-state index in [1.54, 1.807) is 0 Å². The Morgan fingerprint density at radius 2 is 1.17 bits per heavy atom. The molecule has 2 aromatic rings. The van der Waals surface area contributed by atoms with Crippen molar-refractivity contribution in [3.63, 3.8) is 0 Å². The van der Waals surface area contributed by atoms with E-state index < -0.39 is 0 Å². The van der Waals surface area contributed by atoms with E-state index in [-0.39, 0.29) is 5.41 Å². The molecule has 0 aliphatic rings. The van der Waals surface area contributed by atoms with Gasteiger partial charge >= 0.3 is 0 Å². The lowest BCUT2D eigenvalue weighted by molar-refractivity contribution is 0.602. The molecular weight excluding hydrogens is 314 g/mol. The van der Waals surface area contributed by atoms with Gasteiger partial charge in [-0.1, -0.05) is 62.3 Å². The number of hydrogen-bond acceptors (Lipinski definition) is 4. The van der Waals surface area contributed by atoms with E-state index in [0.29, 0.717) is 17.8 Å². The second-order valence-corrected chi connectivity index (χ2v) is 9.21. The SMILES string of the molecule is CC(C)c1cnc(C(C)C)cn1.CC(C)c1ncc(C(C)(C)C)s1. The first-order valence-corrected chi connectivity index (χ1v) is 9.62. The highest BCUT2D eigenvalue weighted by Crippen LogP contribution is 2.30. The molecule has 0 saturated heterocycles. The van der Waals surface area contributed by atoms with Crippen LogP contribution in [-0.2, 0) is 5.41 Å². The van der Waals surface area contributed by atoms with Gasteiger partial charge in [0.1, 0.15) is 0 Å². The molecule has 2 heterocycles. The zero-order valence-electron chi connectivity index (χ0n) is 16.7. The summed E-state index contributed by atoms with van der Waals surface area (Å²) in [5.74, 6) is 1.50. The van der Waals surface area contributed by atoms with Crippen molar-refractivity contribution < 1.29 is 0 Å². The smallest absolute Gasteiger partial charge is 0.0953 e. The van der Waals surface area contributed by atoms with Crippen LogP contribution in [0.15, 0.2) is 18.6 Å². The predicted octanol–water partition coefficient (Wildman–Crippen LogP) is 6.29. The van der Waals surface area contributed by atoms with Gasteiger partial charge in [0.2, 0.25) is 0 Å². The number of nitrogens with zero attached hydrogens (tertiary/aromatic N) is 3. The second-order valence-electron chi connectivity index (χ2n) is 8.14. The van der Waals surface area contributed by atoms with Crippen molar-refractivity contribution in [1.82, 2.24) is 15.0 Å². The van der Waals surface area contributed by atoms with Crippen LogP contribution in [0, 0.1) is 0 Å². The fourth-order valence-corrected chi connectivity index (χ4v) is 2.82. The molecule has 0 aliphatic heterocycles. The van der Waals surface area contributed by atoms with Crippen LogP contribution in [0.3, 0.4) is 0 Å². The molecule has 3 nitrogen and oxygen atoms in total. The van der Waals surface area contributed by atoms with Crippen LogP contribution in [0.5, 0.6) is 0 Å². The molecule has 0 unspecified atom stereocenters. The van der Waals surface area contributed by atoms with Gasteiger partial charge in [-0.25, -0.2) is 4.98 Å². The van der Waals surface area contributed by atoms with Crippen LogP contribution in [-0.4, -0.2) is 15.0 Å². The van der Waals surface area contributed by atoms with Gasteiger partial charge in [0.25, 0.3) is 0 Å². The van der Waals surface area contributed by atoms with E-state index >= 15 is 0 Å². The first kappa shape index (κ1) is 20.8. The molecular formula is C20H33N3S. The maximum atomic E-state index is 4.40. The third-order valence-corrected chi connectivity index (χ3v) is 5.36. The quantitative estimate of drug-likeness (QED) is 0.655. The van der Waals surface area contributed by atoms with Crippen LogP contribution in [0.1, 0.15) is 101 Å². The van der Waals surface area contributed by atoms with E-state index in [0.717, 1.165) is 11.4 Å². The van der Waals surface area contributed by atoms with Crippen molar-refractivity contribution in [3.8, 4) is 0 Å². The van der Waals surface area contributed by atoms with Gasteiger partial charge in [-0.15, -0.1) is 11.3 Å². The zero-order chi connectivity index (χ0) is 18.5. The fourth-order valence-electron chi connectivity index (χ4n) is 1.85. The van der Waals surface area contributed by atoms with Gasteiger partial charge in [0.05, 0.1) is 16.4 Å². The van der Waals surface area contributed by atoms with E-state index in [1.807, 2.05) is 29.9 Å². The van der Waals surface area contributed by atoms with Gasteiger partial charge < -0.3 is 0 Å². The van der Waals surface area contributed by atoms with Gasteiger partial charge in [-0.3, -0.25) is 9.97 Å².